The average Bonchev–Trinajstić information content (AvgIpc) is 3.61. The zero-order chi connectivity index (χ0) is 26.6. The number of amides is 1. The Kier molecular flexibility index (Phi) is 5.39. The number of hydrogen-bond acceptors (Lipinski definition) is 9. The lowest BCUT2D eigenvalue weighted by Gasteiger charge is -2.42. The molecule has 1 aromatic carbocycles. The highest BCUT2D eigenvalue weighted by atomic mass is 16.9. The van der Waals surface area contributed by atoms with Crippen LogP contribution in [0.5, 0.6) is 0 Å². The van der Waals surface area contributed by atoms with E-state index in [0.29, 0.717) is 6.54 Å². The summed E-state index contributed by atoms with van der Waals surface area (Å²) in [6.45, 7) is 10.2. The second kappa shape index (κ2) is 8.22. The molecule has 6 aliphatic heterocycles. The van der Waals surface area contributed by atoms with Crippen LogP contribution in [0, 0.1) is 11.8 Å². The number of nitrogens with zero attached hydrogens (tertiary/aromatic N) is 1. The second-order valence-electron chi connectivity index (χ2n) is 12.1. The molecular formula is C28H36N2O8. The molecule has 9 atom stereocenters. The Morgan fingerprint density at radius 2 is 1.71 bits per heavy atom. The molecule has 38 heavy (non-hydrogen) atoms. The predicted molar refractivity (Wildman–Crippen MR) is 133 cm³/mol. The van der Waals surface area contributed by atoms with Crippen LogP contribution in [0.4, 0.5) is 5.69 Å². The molecule has 5 saturated heterocycles. The third-order valence-electron chi connectivity index (χ3n) is 9.07. The number of benzene rings is 1. The molecule has 0 saturated carbocycles. The number of para-hydroxylation sites is 1. The van der Waals surface area contributed by atoms with Crippen LogP contribution in [0.25, 0.3) is 0 Å². The fourth-order valence-corrected chi connectivity index (χ4v) is 8.09. The van der Waals surface area contributed by atoms with Crippen LogP contribution in [0.2, 0.25) is 0 Å². The average molecular weight is 529 g/mol. The first-order valence-electron chi connectivity index (χ1n) is 13.8. The molecule has 1 N–H and O–H groups in total. The summed E-state index contributed by atoms with van der Waals surface area (Å²) in [6.07, 6.45) is -0.961. The molecule has 1 spiro atoms. The first kappa shape index (κ1) is 24.9. The van der Waals surface area contributed by atoms with Gasteiger partial charge in [-0.1, -0.05) is 18.2 Å². The Bertz CT molecular complexity index is 1170. The van der Waals surface area contributed by atoms with E-state index in [1.165, 1.54) is 0 Å². The fraction of sp³-hybridized carbons (Fsp3) is 0.714. The minimum absolute atomic E-state index is 0.0915. The van der Waals surface area contributed by atoms with Gasteiger partial charge < -0.3 is 33.7 Å². The van der Waals surface area contributed by atoms with Crippen molar-refractivity contribution in [2.75, 3.05) is 18.5 Å². The highest BCUT2D eigenvalue weighted by Crippen LogP contribution is 2.61. The SMILES string of the molecule is CCOC(=O)[C@@H]1[C@@H]([C@H]2O[C@@H]3OC(C)(C)O[C@@H]3[C@H]3OC(C)(C)O[C@H]32)C2CCCN2[C@@]12C(=O)Nc1ccccc12. The van der Waals surface area contributed by atoms with Gasteiger partial charge in [0.05, 0.1) is 18.6 Å². The topological polar surface area (TPSA) is 105 Å². The lowest BCUT2D eigenvalue weighted by Crippen LogP contribution is -2.60. The van der Waals surface area contributed by atoms with Crippen molar-refractivity contribution in [3.05, 3.63) is 29.8 Å². The summed E-state index contributed by atoms with van der Waals surface area (Å²) in [5.41, 5.74) is 0.357. The van der Waals surface area contributed by atoms with Crippen molar-refractivity contribution in [1.29, 1.82) is 0 Å². The molecule has 0 bridgehead atoms. The normalized spacial score (nSPS) is 44.0. The number of carbonyl (C=O) groups excluding carboxylic acids is 2. The summed E-state index contributed by atoms with van der Waals surface area (Å²) in [7, 11) is 0. The van der Waals surface area contributed by atoms with E-state index in [1.807, 2.05) is 52.0 Å². The first-order chi connectivity index (χ1) is 18.1. The van der Waals surface area contributed by atoms with Gasteiger partial charge in [0.2, 0.25) is 0 Å². The molecule has 206 valence electrons. The van der Waals surface area contributed by atoms with Crippen molar-refractivity contribution < 1.29 is 38.0 Å². The van der Waals surface area contributed by atoms with Gasteiger partial charge in [-0.25, -0.2) is 0 Å². The Labute approximate surface area is 222 Å². The number of anilines is 1. The van der Waals surface area contributed by atoms with Crippen molar-refractivity contribution >= 4 is 17.6 Å². The molecule has 7 rings (SSSR count). The summed E-state index contributed by atoms with van der Waals surface area (Å²) in [4.78, 5) is 30.2. The Morgan fingerprint density at radius 3 is 2.47 bits per heavy atom. The molecule has 1 amide bonds. The third kappa shape index (κ3) is 3.28. The quantitative estimate of drug-likeness (QED) is 0.593. The van der Waals surface area contributed by atoms with E-state index < -0.39 is 65.6 Å². The largest absolute Gasteiger partial charge is 0.466 e. The number of fused-ring (bicyclic) bond motifs is 7. The maximum absolute atomic E-state index is 14.0. The van der Waals surface area contributed by atoms with Crippen molar-refractivity contribution in [2.24, 2.45) is 11.8 Å². The van der Waals surface area contributed by atoms with E-state index in [-0.39, 0.29) is 18.6 Å². The number of hydrogen-bond donors (Lipinski definition) is 1. The number of esters is 1. The molecule has 0 aliphatic carbocycles. The summed E-state index contributed by atoms with van der Waals surface area (Å²) >= 11 is 0. The van der Waals surface area contributed by atoms with Crippen molar-refractivity contribution in [3.8, 4) is 0 Å². The molecular weight excluding hydrogens is 492 g/mol. The van der Waals surface area contributed by atoms with Crippen LogP contribution in [-0.4, -0.2) is 78.2 Å². The van der Waals surface area contributed by atoms with E-state index >= 15 is 0 Å². The fourth-order valence-electron chi connectivity index (χ4n) is 8.09. The minimum atomic E-state index is -1.19. The first-order valence-corrected chi connectivity index (χ1v) is 13.8. The smallest absolute Gasteiger partial charge is 0.312 e. The van der Waals surface area contributed by atoms with Crippen molar-refractivity contribution in [1.82, 2.24) is 4.90 Å². The lowest BCUT2D eigenvalue weighted by molar-refractivity contribution is -0.249. The number of nitrogens with one attached hydrogen (secondary N) is 1. The molecule has 10 heteroatoms. The maximum Gasteiger partial charge on any atom is 0.312 e. The van der Waals surface area contributed by atoms with Crippen LogP contribution in [0.1, 0.15) is 53.0 Å². The van der Waals surface area contributed by atoms with Crippen LogP contribution in [0.3, 0.4) is 0 Å². The number of rotatable bonds is 3. The predicted octanol–water partition coefficient (Wildman–Crippen LogP) is 2.50. The Balaban J connectivity index is 1.38. The van der Waals surface area contributed by atoms with Crippen LogP contribution in [-0.2, 0) is 43.5 Å². The molecule has 6 heterocycles. The van der Waals surface area contributed by atoms with E-state index in [0.717, 1.165) is 24.1 Å². The van der Waals surface area contributed by atoms with Crippen molar-refractivity contribution in [3.63, 3.8) is 0 Å². The van der Waals surface area contributed by atoms with Gasteiger partial charge in [-0.15, -0.1) is 0 Å². The van der Waals surface area contributed by atoms with Crippen molar-refractivity contribution in [2.45, 2.75) is 101 Å². The van der Waals surface area contributed by atoms with Gasteiger partial charge >= 0.3 is 5.97 Å². The van der Waals surface area contributed by atoms with Gasteiger partial charge in [0.1, 0.15) is 23.9 Å². The monoisotopic (exact) mass is 528 g/mol. The van der Waals surface area contributed by atoms with Gasteiger partial charge in [-0.2, -0.15) is 0 Å². The summed E-state index contributed by atoms with van der Waals surface area (Å²) in [5, 5.41) is 3.07. The van der Waals surface area contributed by atoms with E-state index in [1.54, 1.807) is 6.92 Å². The summed E-state index contributed by atoms with van der Waals surface area (Å²) < 4.78 is 37.7. The molecule has 1 unspecified atom stereocenters. The molecule has 1 aromatic rings. The molecule has 5 fully saturated rings. The number of carbonyl (C=O) groups is 2. The van der Waals surface area contributed by atoms with Crippen LogP contribution >= 0.6 is 0 Å². The zero-order valence-corrected chi connectivity index (χ0v) is 22.5. The van der Waals surface area contributed by atoms with Gasteiger partial charge in [0, 0.05) is 23.2 Å². The number of ether oxygens (including phenoxy) is 6. The molecule has 10 nitrogen and oxygen atoms in total. The standard InChI is InChI=1S/C28H36N2O8/c1-6-33-23(31)18-17(16-12-9-13-30(16)28(18)14-10-7-8-11-15(14)29-25(28)32)19-20-21(36-26(2,3)35-20)22-24(34-19)38-27(4,5)37-22/h7-8,10-11,16-22,24H,6,9,12-13H2,1-5H3,(H,29,32)/t16?,17-,18-,19+,20-,21-,22+,24+,28+/m0/s1. The highest BCUT2D eigenvalue weighted by Gasteiger charge is 2.74. The van der Waals surface area contributed by atoms with E-state index in [2.05, 4.69) is 10.2 Å². The summed E-state index contributed by atoms with van der Waals surface area (Å²) in [6, 6.07) is 7.56. The Hall–Kier alpha value is -2.08. The maximum atomic E-state index is 14.0. The molecule has 0 aromatic heterocycles. The zero-order valence-electron chi connectivity index (χ0n) is 22.5. The summed E-state index contributed by atoms with van der Waals surface area (Å²) in [5.74, 6) is -3.52. The van der Waals surface area contributed by atoms with Gasteiger partial charge in [-0.3, -0.25) is 14.5 Å². The van der Waals surface area contributed by atoms with Gasteiger partial charge in [-0.05, 0) is 60.1 Å². The van der Waals surface area contributed by atoms with E-state index in [9.17, 15) is 9.59 Å². The molecule has 6 aliphatic rings. The Morgan fingerprint density at radius 1 is 1.03 bits per heavy atom. The van der Waals surface area contributed by atoms with Gasteiger partial charge in [0.25, 0.3) is 5.91 Å². The van der Waals surface area contributed by atoms with Crippen LogP contribution in [0.15, 0.2) is 24.3 Å². The third-order valence-corrected chi connectivity index (χ3v) is 9.07. The van der Waals surface area contributed by atoms with Crippen LogP contribution < -0.4 is 5.32 Å². The minimum Gasteiger partial charge on any atom is -0.466 e. The molecule has 0 radical (unpaired) electrons. The lowest BCUT2D eigenvalue weighted by atomic mass is 9.70. The van der Waals surface area contributed by atoms with Gasteiger partial charge in [0.15, 0.2) is 17.9 Å². The van der Waals surface area contributed by atoms with E-state index in [4.69, 9.17) is 28.4 Å². The second-order valence-corrected chi connectivity index (χ2v) is 12.1. The highest BCUT2D eigenvalue weighted by molar-refractivity contribution is 6.09.